The molecule has 0 bridgehead atoms. The number of thioether (sulfide) groups is 1. The first-order valence-electron chi connectivity index (χ1n) is 10.9. The van der Waals surface area contributed by atoms with Gasteiger partial charge in [-0.05, 0) is 53.2 Å². The summed E-state index contributed by atoms with van der Waals surface area (Å²) in [5.74, 6) is 0.467. The first-order chi connectivity index (χ1) is 17.6. The third kappa shape index (κ3) is 5.14. The van der Waals surface area contributed by atoms with Gasteiger partial charge in [0.05, 0.1) is 12.0 Å². The van der Waals surface area contributed by atoms with Crippen LogP contribution in [0.5, 0.6) is 5.75 Å². The summed E-state index contributed by atoms with van der Waals surface area (Å²) in [5.41, 5.74) is 4.73. The van der Waals surface area contributed by atoms with Crippen molar-refractivity contribution in [3.8, 4) is 22.8 Å². The summed E-state index contributed by atoms with van der Waals surface area (Å²) in [7, 11) is 0. The van der Waals surface area contributed by atoms with E-state index in [9.17, 15) is 9.90 Å². The van der Waals surface area contributed by atoms with Gasteiger partial charge < -0.3 is 5.11 Å². The molecule has 0 fully saturated rings. The van der Waals surface area contributed by atoms with Gasteiger partial charge >= 0.3 is 0 Å². The van der Waals surface area contributed by atoms with Gasteiger partial charge in [0.25, 0.3) is 5.91 Å². The van der Waals surface area contributed by atoms with Crippen LogP contribution >= 0.6 is 27.7 Å². The first-order valence-corrected chi connectivity index (χ1v) is 12.6. The Labute approximate surface area is 219 Å². The molecule has 0 aliphatic heterocycles. The van der Waals surface area contributed by atoms with Crippen molar-refractivity contribution in [3.05, 3.63) is 95.2 Å². The Morgan fingerprint density at radius 3 is 2.69 bits per heavy atom. The lowest BCUT2D eigenvalue weighted by molar-refractivity contribution is -0.118. The predicted octanol–water partition coefficient (Wildman–Crippen LogP) is 5.19. The highest BCUT2D eigenvalue weighted by molar-refractivity contribution is 9.10. The lowest BCUT2D eigenvalue weighted by atomic mass is 10.0. The number of carbonyl (C=O) groups excluding carboxylic acids is 1. The van der Waals surface area contributed by atoms with E-state index in [1.54, 1.807) is 18.5 Å². The standard InChI is InChI=1S/C26H19BrN6O2S/c27-19-8-10-20(11-9-19)33-25(18-5-3-13-28-14-18)31-32-26(33)36-16-24(35)30-29-15-22-21-6-2-1-4-17(21)7-12-23(22)34/h1-15,34H,16H2,(H,30,35)/b29-15+. The fourth-order valence-electron chi connectivity index (χ4n) is 3.62. The minimum absolute atomic E-state index is 0.0700. The second-order valence-corrected chi connectivity index (χ2v) is 9.52. The molecule has 178 valence electrons. The van der Waals surface area contributed by atoms with E-state index in [1.807, 2.05) is 71.3 Å². The van der Waals surface area contributed by atoms with Crippen LogP contribution in [-0.2, 0) is 4.79 Å². The third-order valence-electron chi connectivity index (χ3n) is 5.30. The van der Waals surface area contributed by atoms with Crippen molar-refractivity contribution in [2.45, 2.75) is 5.16 Å². The Morgan fingerprint density at radius 1 is 1.06 bits per heavy atom. The molecule has 0 spiro atoms. The topological polar surface area (TPSA) is 105 Å². The number of carbonyl (C=O) groups is 1. The maximum absolute atomic E-state index is 12.5. The number of nitrogens with one attached hydrogen (secondary N) is 1. The Balaban J connectivity index is 1.33. The van der Waals surface area contributed by atoms with E-state index in [-0.39, 0.29) is 17.4 Å². The lowest BCUT2D eigenvalue weighted by Crippen LogP contribution is -2.20. The molecule has 10 heteroatoms. The van der Waals surface area contributed by atoms with Crippen molar-refractivity contribution < 1.29 is 9.90 Å². The molecule has 5 aromatic rings. The van der Waals surface area contributed by atoms with Crippen molar-refractivity contribution in [2.24, 2.45) is 5.10 Å². The Bertz CT molecular complexity index is 1550. The zero-order valence-corrected chi connectivity index (χ0v) is 21.1. The van der Waals surface area contributed by atoms with Crippen LogP contribution < -0.4 is 5.43 Å². The van der Waals surface area contributed by atoms with Crippen LogP contribution in [0.1, 0.15) is 5.56 Å². The summed E-state index contributed by atoms with van der Waals surface area (Å²) in [4.78, 5) is 16.7. The van der Waals surface area contributed by atoms with Crippen molar-refractivity contribution in [3.63, 3.8) is 0 Å². The highest BCUT2D eigenvalue weighted by Crippen LogP contribution is 2.28. The maximum atomic E-state index is 12.5. The van der Waals surface area contributed by atoms with Gasteiger partial charge in [-0.25, -0.2) is 5.43 Å². The summed E-state index contributed by atoms with van der Waals surface area (Å²) >= 11 is 4.70. The van der Waals surface area contributed by atoms with Crippen molar-refractivity contribution in [1.29, 1.82) is 0 Å². The average molecular weight is 559 g/mol. The van der Waals surface area contributed by atoms with Crippen molar-refractivity contribution in [2.75, 3.05) is 5.75 Å². The number of nitrogens with zero attached hydrogens (tertiary/aromatic N) is 5. The molecule has 0 saturated heterocycles. The second kappa shape index (κ2) is 10.7. The lowest BCUT2D eigenvalue weighted by Gasteiger charge is -2.10. The van der Waals surface area contributed by atoms with Gasteiger partial charge in [0.1, 0.15) is 5.75 Å². The number of aromatic hydroxyl groups is 1. The fourth-order valence-corrected chi connectivity index (χ4v) is 4.63. The number of hydrogen-bond donors (Lipinski definition) is 2. The Kier molecular flexibility index (Phi) is 7.06. The van der Waals surface area contributed by atoms with Crippen LogP contribution in [0.25, 0.3) is 27.8 Å². The molecule has 2 heterocycles. The fraction of sp³-hybridized carbons (Fsp3) is 0.0385. The van der Waals surface area contributed by atoms with E-state index in [4.69, 9.17) is 0 Å². The number of aromatic nitrogens is 4. The van der Waals surface area contributed by atoms with Gasteiger partial charge in [-0.3, -0.25) is 14.3 Å². The molecule has 5 rings (SSSR count). The SMILES string of the molecule is O=C(CSc1nnc(-c2cccnc2)n1-c1ccc(Br)cc1)N/N=C/c1c(O)ccc2ccccc12. The highest BCUT2D eigenvalue weighted by Gasteiger charge is 2.17. The van der Waals surface area contributed by atoms with Crippen LogP contribution in [0.4, 0.5) is 0 Å². The molecular weight excluding hydrogens is 540 g/mol. The number of hydrazone groups is 1. The Hall–Kier alpha value is -4.02. The molecule has 0 atom stereocenters. The first kappa shape index (κ1) is 23.7. The minimum atomic E-state index is -0.315. The van der Waals surface area contributed by atoms with Crippen LogP contribution in [0.3, 0.4) is 0 Å². The number of phenols is 1. The number of phenolic OH excluding ortho intramolecular Hbond substituents is 1. The molecule has 0 unspecified atom stereocenters. The predicted molar refractivity (Wildman–Crippen MR) is 144 cm³/mol. The quantitative estimate of drug-likeness (QED) is 0.162. The van der Waals surface area contributed by atoms with Crippen LogP contribution in [-0.4, -0.2) is 42.7 Å². The molecule has 0 radical (unpaired) electrons. The Morgan fingerprint density at radius 2 is 1.89 bits per heavy atom. The molecular formula is C26H19BrN6O2S. The zero-order chi connectivity index (χ0) is 24.9. The number of rotatable bonds is 7. The number of pyridine rings is 1. The number of benzene rings is 3. The molecule has 3 aromatic carbocycles. The molecule has 2 N–H and O–H groups in total. The van der Waals surface area contributed by atoms with Gasteiger partial charge in [0.15, 0.2) is 11.0 Å². The van der Waals surface area contributed by atoms with Crippen LogP contribution in [0.15, 0.2) is 99.9 Å². The maximum Gasteiger partial charge on any atom is 0.250 e. The summed E-state index contributed by atoms with van der Waals surface area (Å²) < 4.78 is 2.84. The van der Waals surface area contributed by atoms with Gasteiger partial charge in [0, 0.05) is 33.7 Å². The molecule has 8 nitrogen and oxygen atoms in total. The van der Waals surface area contributed by atoms with E-state index >= 15 is 0 Å². The normalized spacial score (nSPS) is 11.2. The molecule has 0 saturated carbocycles. The van der Waals surface area contributed by atoms with E-state index in [0.717, 1.165) is 26.5 Å². The van der Waals surface area contributed by atoms with Crippen LogP contribution in [0.2, 0.25) is 0 Å². The number of fused-ring (bicyclic) bond motifs is 1. The average Bonchev–Trinajstić information content (AvgIpc) is 3.33. The van der Waals surface area contributed by atoms with Crippen molar-refractivity contribution >= 4 is 50.6 Å². The number of amides is 1. The monoisotopic (exact) mass is 558 g/mol. The van der Waals surface area contributed by atoms with Gasteiger partial charge in [-0.1, -0.05) is 58.0 Å². The summed E-state index contributed by atoms with van der Waals surface area (Å²) in [5, 5.41) is 25.3. The van der Waals surface area contributed by atoms with Gasteiger partial charge in [-0.15, -0.1) is 10.2 Å². The summed E-state index contributed by atoms with van der Waals surface area (Å²) in [6, 6.07) is 22.6. The highest BCUT2D eigenvalue weighted by atomic mass is 79.9. The van der Waals surface area contributed by atoms with E-state index in [2.05, 4.69) is 41.6 Å². The second-order valence-electron chi connectivity index (χ2n) is 7.66. The molecule has 0 aliphatic rings. The van der Waals surface area contributed by atoms with Gasteiger partial charge in [-0.2, -0.15) is 5.10 Å². The smallest absolute Gasteiger partial charge is 0.250 e. The van der Waals surface area contributed by atoms with E-state index in [1.165, 1.54) is 18.0 Å². The molecule has 1 amide bonds. The van der Waals surface area contributed by atoms with Crippen molar-refractivity contribution in [1.82, 2.24) is 25.2 Å². The summed E-state index contributed by atoms with van der Waals surface area (Å²) in [6.45, 7) is 0. The molecule has 2 aromatic heterocycles. The third-order valence-corrected chi connectivity index (χ3v) is 6.76. The minimum Gasteiger partial charge on any atom is -0.507 e. The van der Waals surface area contributed by atoms with Crippen LogP contribution in [0, 0.1) is 0 Å². The largest absolute Gasteiger partial charge is 0.507 e. The van der Waals surface area contributed by atoms with Gasteiger partial charge in [0.2, 0.25) is 0 Å². The molecule has 0 aliphatic carbocycles. The molecule has 36 heavy (non-hydrogen) atoms. The van der Waals surface area contributed by atoms with E-state index < -0.39 is 0 Å². The zero-order valence-electron chi connectivity index (χ0n) is 18.7. The summed E-state index contributed by atoms with van der Waals surface area (Å²) in [6.07, 6.45) is 4.87. The number of hydrogen-bond acceptors (Lipinski definition) is 7. The van der Waals surface area contributed by atoms with E-state index in [0.29, 0.717) is 16.5 Å². The number of halogens is 1.